The van der Waals surface area contributed by atoms with Crippen LogP contribution in [-0.4, -0.2) is 68.5 Å². The van der Waals surface area contributed by atoms with Gasteiger partial charge in [-0.2, -0.15) is 0 Å². The molecule has 6 heteroatoms. The van der Waals surface area contributed by atoms with Gasteiger partial charge in [0, 0.05) is 25.6 Å². The molecule has 1 saturated heterocycles. The Morgan fingerprint density at radius 2 is 2.04 bits per heavy atom. The predicted molar refractivity (Wildman–Crippen MR) is 92.6 cm³/mol. The number of morpholine rings is 1. The standard InChI is InChI=1S/C17H28N4O2/c18-17(19-7-4-8-21-9-11-23-12-10-21)20-13-16(14-22)15-5-2-1-3-6-15/h1-3,5-6,16,22H,4,7-14H2,(H3,18,19,20). The summed E-state index contributed by atoms with van der Waals surface area (Å²) in [5.74, 6) is 0.436. The Bertz CT molecular complexity index is 461. The van der Waals surface area contributed by atoms with Crippen LogP contribution in [0.3, 0.4) is 0 Å². The van der Waals surface area contributed by atoms with Gasteiger partial charge in [-0.05, 0) is 18.5 Å². The molecule has 0 radical (unpaired) electrons. The third kappa shape index (κ3) is 6.56. The molecule has 6 nitrogen and oxygen atoms in total. The number of aliphatic imine (C=N–C) groups is 1. The molecule has 1 aromatic rings. The maximum absolute atomic E-state index is 9.50. The van der Waals surface area contributed by atoms with Crippen LogP contribution in [0, 0.1) is 0 Å². The first-order chi connectivity index (χ1) is 11.3. The van der Waals surface area contributed by atoms with Gasteiger partial charge in [-0.3, -0.25) is 9.89 Å². The van der Waals surface area contributed by atoms with Crippen molar-refractivity contribution in [3.63, 3.8) is 0 Å². The van der Waals surface area contributed by atoms with Crippen LogP contribution < -0.4 is 11.1 Å². The lowest BCUT2D eigenvalue weighted by Crippen LogP contribution is -2.39. The third-order valence-electron chi connectivity index (χ3n) is 4.03. The molecule has 4 N–H and O–H groups in total. The zero-order valence-electron chi connectivity index (χ0n) is 13.7. The van der Waals surface area contributed by atoms with Crippen LogP contribution in [0.4, 0.5) is 0 Å². The summed E-state index contributed by atoms with van der Waals surface area (Å²) < 4.78 is 5.33. The first kappa shape index (κ1) is 17.7. The first-order valence-corrected chi connectivity index (χ1v) is 8.29. The Balaban J connectivity index is 1.65. The topological polar surface area (TPSA) is 83.1 Å². The van der Waals surface area contributed by atoms with E-state index in [1.807, 2.05) is 30.3 Å². The molecule has 0 aliphatic carbocycles. The molecule has 1 aliphatic rings. The van der Waals surface area contributed by atoms with E-state index in [-0.39, 0.29) is 12.5 Å². The number of hydrogen-bond acceptors (Lipinski definition) is 4. The summed E-state index contributed by atoms with van der Waals surface area (Å²) in [6, 6.07) is 9.90. The minimum absolute atomic E-state index is 0.00935. The van der Waals surface area contributed by atoms with Gasteiger partial charge in [0.05, 0.1) is 26.4 Å². The maximum Gasteiger partial charge on any atom is 0.188 e. The summed E-state index contributed by atoms with van der Waals surface area (Å²) in [6.45, 7) is 6.10. The normalized spacial score (nSPS) is 17.9. The Hall–Kier alpha value is -1.63. The van der Waals surface area contributed by atoms with Crippen LogP contribution in [0.5, 0.6) is 0 Å². The van der Waals surface area contributed by atoms with Crippen LogP contribution in [-0.2, 0) is 4.74 Å². The molecule has 23 heavy (non-hydrogen) atoms. The van der Waals surface area contributed by atoms with E-state index in [0.717, 1.165) is 51.4 Å². The van der Waals surface area contributed by atoms with E-state index in [4.69, 9.17) is 10.5 Å². The minimum Gasteiger partial charge on any atom is -0.396 e. The number of rotatable bonds is 8. The molecule has 2 rings (SSSR count). The second kappa shape index (κ2) is 10.2. The molecule has 0 spiro atoms. The smallest absolute Gasteiger partial charge is 0.188 e. The molecule has 128 valence electrons. The largest absolute Gasteiger partial charge is 0.396 e. The van der Waals surface area contributed by atoms with Gasteiger partial charge >= 0.3 is 0 Å². The molecular weight excluding hydrogens is 292 g/mol. The van der Waals surface area contributed by atoms with Gasteiger partial charge in [0.2, 0.25) is 0 Å². The van der Waals surface area contributed by atoms with Crippen molar-refractivity contribution >= 4 is 5.96 Å². The number of nitrogens with zero attached hydrogens (tertiary/aromatic N) is 2. The molecular formula is C17H28N4O2. The summed E-state index contributed by atoms with van der Waals surface area (Å²) in [4.78, 5) is 6.74. The van der Waals surface area contributed by atoms with Gasteiger partial charge in [-0.25, -0.2) is 0 Å². The lowest BCUT2D eigenvalue weighted by atomic mass is 10.0. The molecule has 1 unspecified atom stereocenters. The number of aliphatic hydroxyl groups is 1. The van der Waals surface area contributed by atoms with Gasteiger partial charge in [-0.15, -0.1) is 0 Å². The monoisotopic (exact) mass is 320 g/mol. The molecule has 0 bridgehead atoms. The van der Waals surface area contributed by atoms with Crippen molar-refractivity contribution in [1.82, 2.24) is 10.2 Å². The van der Waals surface area contributed by atoms with Crippen LogP contribution in [0.2, 0.25) is 0 Å². The number of hydrogen-bond donors (Lipinski definition) is 3. The molecule has 1 aliphatic heterocycles. The number of guanidine groups is 1. The van der Waals surface area contributed by atoms with E-state index in [1.54, 1.807) is 0 Å². The maximum atomic E-state index is 9.50. The summed E-state index contributed by atoms with van der Waals surface area (Å²) in [5, 5.41) is 12.6. The average molecular weight is 320 g/mol. The predicted octanol–water partition coefficient (Wildman–Crippen LogP) is 0.389. The second-order valence-electron chi connectivity index (χ2n) is 5.75. The Morgan fingerprint density at radius 1 is 1.30 bits per heavy atom. The SMILES string of the molecule is NC(=NCC(CO)c1ccccc1)NCCCN1CCOCC1. The zero-order chi connectivity index (χ0) is 16.3. The number of ether oxygens (including phenoxy) is 1. The summed E-state index contributed by atoms with van der Waals surface area (Å²) in [5.41, 5.74) is 6.98. The fraction of sp³-hybridized carbons (Fsp3) is 0.588. The summed E-state index contributed by atoms with van der Waals surface area (Å²) in [6.07, 6.45) is 1.03. The number of nitrogens with two attached hydrogens (primary N) is 1. The second-order valence-corrected chi connectivity index (χ2v) is 5.75. The summed E-state index contributed by atoms with van der Waals surface area (Å²) in [7, 11) is 0. The molecule has 1 atom stereocenters. The molecule has 0 amide bonds. The van der Waals surface area contributed by atoms with Crippen molar-refractivity contribution in [3.05, 3.63) is 35.9 Å². The van der Waals surface area contributed by atoms with Crippen molar-refractivity contribution in [2.24, 2.45) is 10.7 Å². The molecule has 0 aromatic heterocycles. The average Bonchev–Trinajstić information content (AvgIpc) is 2.61. The number of benzene rings is 1. The molecule has 0 saturated carbocycles. The highest BCUT2D eigenvalue weighted by atomic mass is 16.5. The van der Waals surface area contributed by atoms with Crippen LogP contribution in [0.1, 0.15) is 17.9 Å². The third-order valence-corrected chi connectivity index (χ3v) is 4.03. The highest BCUT2D eigenvalue weighted by Crippen LogP contribution is 2.14. The van der Waals surface area contributed by atoms with E-state index >= 15 is 0 Å². The lowest BCUT2D eigenvalue weighted by Gasteiger charge is -2.26. The zero-order valence-corrected chi connectivity index (χ0v) is 13.7. The van der Waals surface area contributed by atoms with E-state index in [9.17, 15) is 5.11 Å². The van der Waals surface area contributed by atoms with Gasteiger partial charge in [0.25, 0.3) is 0 Å². The van der Waals surface area contributed by atoms with Crippen LogP contribution in [0.15, 0.2) is 35.3 Å². The fourth-order valence-corrected chi connectivity index (χ4v) is 2.60. The van der Waals surface area contributed by atoms with E-state index in [0.29, 0.717) is 12.5 Å². The Kier molecular flexibility index (Phi) is 7.86. The Labute approximate surface area is 138 Å². The molecule has 1 heterocycles. The van der Waals surface area contributed by atoms with Crippen molar-refractivity contribution in [2.75, 3.05) is 52.5 Å². The Morgan fingerprint density at radius 3 is 2.74 bits per heavy atom. The van der Waals surface area contributed by atoms with E-state index < -0.39 is 0 Å². The van der Waals surface area contributed by atoms with Crippen LogP contribution in [0.25, 0.3) is 0 Å². The lowest BCUT2D eigenvalue weighted by molar-refractivity contribution is 0.0376. The molecule has 1 fully saturated rings. The van der Waals surface area contributed by atoms with Crippen LogP contribution >= 0.6 is 0 Å². The number of aliphatic hydroxyl groups excluding tert-OH is 1. The van der Waals surface area contributed by atoms with Crippen molar-refractivity contribution in [1.29, 1.82) is 0 Å². The van der Waals surface area contributed by atoms with E-state index in [1.165, 1.54) is 0 Å². The van der Waals surface area contributed by atoms with Crippen molar-refractivity contribution in [2.45, 2.75) is 12.3 Å². The van der Waals surface area contributed by atoms with Crippen molar-refractivity contribution in [3.8, 4) is 0 Å². The molecule has 1 aromatic carbocycles. The van der Waals surface area contributed by atoms with Gasteiger partial charge in [0.15, 0.2) is 5.96 Å². The fourth-order valence-electron chi connectivity index (χ4n) is 2.60. The van der Waals surface area contributed by atoms with Gasteiger partial charge in [0.1, 0.15) is 0 Å². The number of nitrogens with one attached hydrogen (secondary N) is 1. The summed E-state index contributed by atoms with van der Waals surface area (Å²) >= 11 is 0. The van der Waals surface area contributed by atoms with Crippen molar-refractivity contribution < 1.29 is 9.84 Å². The quantitative estimate of drug-likeness (QED) is 0.367. The highest BCUT2D eigenvalue weighted by Gasteiger charge is 2.10. The first-order valence-electron chi connectivity index (χ1n) is 8.29. The van der Waals surface area contributed by atoms with Gasteiger partial charge < -0.3 is 20.9 Å². The highest BCUT2D eigenvalue weighted by molar-refractivity contribution is 5.77. The van der Waals surface area contributed by atoms with Gasteiger partial charge in [-0.1, -0.05) is 30.3 Å². The minimum atomic E-state index is -0.00935. The van der Waals surface area contributed by atoms with E-state index in [2.05, 4.69) is 15.2 Å².